The van der Waals surface area contributed by atoms with Crippen LogP contribution in [-0.2, 0) is 15.1 Å². The van der Waals surface area contributed by atoms with Gasteiger partial charge in [0, 0.05) is 5.69 Å². The molecule has 156 valence electrons. The van der Waals surface area contributed by atoms with Crippen molar-refractivity contribution in [1.82, 2.24) is 10.2 Å². The van der Waals surface area contributed by atoms with Crippen LogP contribution in [0.15, 0.2) is 36.4 Å². The predicted molar refractivity (Wildman–Crippen MR) is 110 cm³/mol. The maximum atomic E-state index is 13.1. The molecule has 1 fully saturated rings. The van der Waals surface area contributed by atoms with Crippen molar-refractivity contribution in [3.8, 4) is 11.5 Å². The van der Waals surface area contributed by atoms with Crippen LogP contribution in [0.3, 0.4) is 0 Å². The number of hydrogen-bond acceptors (Lipinski definition) is 5. The number of nitrogens with zero attached hydrogens (tertiary/aromatic N) is 1. The van der Waals surface area contributed by atoms with Crippen molar-refractivity contribution in [2.75, 3.05) is 25.1 Å². The minimum absolute atomic E-state index is 0.377. The van der Waals surface area contributed by atoms with E-state index in [-0.39, 0.29) is 6.54 Å². The lowest BCUT2D eigenvalue weighted by Crippen LogP contribution is -2.42. The quantitative estimate of drug-likeness (QED) is 0.757. The number of fused-ring (bicyclic) bond motifs is 1. The fourth-order valence-corrected chi connectivity index (χ4v) is 3.68. The van der Waals surface area contributed by atoms with Gasteiger partial charge >= 0.3 is 6.03 Å². The van der Waals surface area contributed by atoms with Gasteiger partial charge < -0.3 is 20.1 Å². The summed E-state index contributed by atoms with van der Waals surface area (Å²) in [6, 6.07) is 10.1. The zero-order valence-electron chi connectivity index (χ0n) is 17.1. The highest BCUT2D eigenvalue weighted by Crippen LogP contribution is 2.36. The van der Waals surface area contributed by atoms with E-state index in [1.807, 2.05) is 26.0 Å². The highest BCUT2D eigenvalue weighted by molar-refractivity contribution is 6.10. The first-order valence-corrected chi connectivity index (χ1v) is 9.69. The molecule has 4 amide bonds. The molecule has 2 aromatic rings. The number of ether oxygens (including phenoxy) is 2. The second-order valence-corrected chi connectivity index (χ2v) is 7.67. The molecule has 1 saturated heterocycles. The Morgan fingerprint density at radius 3 is 2.57 bits per heavy atom. The SMILES string of the molecule is Cc1ccc(NC(=O)CN2C(=O)NC(C)(c3ccc4c(c3)OCCO4)C2=O)c(C)c1. The van der Waals surface area contributed by atoms with Crippen molar-refractivity contribution >= 4 is 23.5 Å². The summed E-state index contributed by atoms with van der Waals surface area (Å²) in [6.07, 6.45) is 0. The Balaban J connectivity index is 1.51. The molecule has 2 aliphatic heterocycles. The van der Waals surface area contributed by atoms with E-state index in [4.69, 9.17) is 9.47 Å². The normalized spacial score (nSPS) is 20.2. The van der Waals surface area contributed by atoms with E-state index >= 15 is 0 Å². The summed E-state index contributed by atoms with van der Waals surface area (Å²) in [5, 5.41) is 5.47. The Labute approximate surface area is 174 Å². The molecule has 0 spiro atoms. The number of anilines is 1. The van der Waals surface area contributed by atoms with Gasteiger partial charge in [-0.15, -0.1) is 0 Å². The number of carbonyl (C=O) groups is 3. The molecule has 1 atom stereocenters. The van der Waals surface area contributed by atoms with Crippen LogP contribution in [0.25, 0.3) is 0 Å². The molecule has 1 unspecified atom stereocenters. The third kappa shape index (κ3) is 3.45. The van der Waals surface area contributed by atoms with Crippen LogP contribution in [-0.4, -0.2) is 42.5 Å². The van der Waals surface area contributed by atoms with Crippen LogP contribution < -0.4 is 20.1 Å². The molecule has 30 heavy (non-hydrogen) atoms. The molecular weight excluding hydrogens is 386 g/mol. The second kappa shape index (κ2) is 7.37. The van der Waals surface area contributed by atoms with Crippen molar-refractivity contribution < 1.29 is 23.9 Å². The zero-order valence-corrected chi connectivity index (χ0v) is 17.1. The number of amides is 4. The van der Waals surface area contributed by atoms with E-state index in [9.17, 15) is 14.4 Å². The number of aryl methyl sites for hydroxylation is 2. The highest BCUT2D eigenvalue weighted by atomic mass is 16.6. The monoisotopic (exact) mass is 409 g/mol. The Hall–Kier alpha value is -3.55. The summed E-state index contributed by atoms with van der Waals surface area (Å²) in [5.41, 5.74) is 1.89. The number of imide groups is 1. The Kier molecular flexibility index (Phi) is 4.85. The standard InChI is InChI=1S/C22H23N3O5/c1-13-4-6-16(14(2)10-13)23-19(26)12-25-20(27)22(3,24-21(25)28)15-5-7-17-18(11-15)30-9-8-29-17/h4-7,10-11H,8-9,12H2,1-3H3,(H,23,26)(H,24,28). The number of hydrogen-bond donors (Lipinski definition) is 2. The second-order valence-electron chi connectivity index (χ2n) is 7.67. The smallest absolute Gasteiger partial charge is 0.325 e. The number of rotatable bonds is 4. The zero-order chi connectivity index (χ0) is 21.5. The summed E-state index contributed by atoms with van der Waals surface area (Å²) in [6.45, 7) is 5.96. The van der Waals surface area contributed by atoms with Crippen LogP contribution in [0.5, 0.6) is 11.5 Å². The molecule has 8 nitrogen and oxygen atoms in total. The molecule has 2 aromatic carbocycles. The first kappa shape index (κ1) is 19.8. The first-order valence-electron chi connectivity index (χ1n) is 9.69. The van der Waals surface area contributed by atoms with Crippen molar-refractivity contribution in [2.24, 2.45) is 0 Å². The summed E-state index contributed by atoms with van der Waals surface area (Å²) in [5.74, 6) is 0.167. The first-order chi connectivity index (χ1) is 14.3. The van der Waals surface area contributed by atoms with Crippen LogP contribution in [0.4, 0.5) is 10.5 Å². The van der Waals surface area contributed by atoms with Gasteiger partial charge in [-0.2, -0.15) is 0 Å². The average molecular weight is 409 g/mol. The van der Waals surface area contributed by atoms with Crippen LogP contribution >= 0.6 is 0 Å². The minimum atomic E-state index is -1.30. The fraction of sp³-hybridized carbons (Fsp3) is 0.318. The molecule has 0 radical (unpaired) electrons. The van der Waals surface area contributed by atoms with Crippen LogP contribution in [0, 0.1) is 13.8 Å². The molecule has 8 heteroatoms. The number of nitrogens with one attached hydrogen (secondary N) is 2. The van der Waals surface area contributed by atoms with Crippen LogP contribution in [0.1, 0.15) is 23.6 Å². The Morgan fingerprint density at radius 1 is 1.10 bits per heavy atom. The topological polar surface area (TPSA) is 97.0 Å². The third-order valence-electron chi connectivity index (χ3n) is 5.35. The maximum absolute atomic E-state index is 13.1. The third-order valence-corrected chi connectivity index (χ3v) is 5.35. The van der Waals surface area contributed by atoms with Gasteiger partial charge in [-0.05, 0) is 50.1 Å². The van der Waals surface area contributed by atoms with Crippen LogP contribution in [0.2, 0.25) is 0 Å². The van der Waals surface area contributed by atoms with Gasteiger partial charge in [-0.3, -0.25) is 14.5 Å². The number of benzene rings is 2. The number of urea groups is 1. The molecular formula is C22H23N3O5. The molecule has 0 bridgehead atoms. The molecule has 2 N–H and O–H groups in total. The predicted octanol–water partition coefficient (Wildman–Crippen LogP) is 2.48. The lowest BCUT2D eigenvalue weighted by molar-refractivity contribution is -0.133. The van der Waals surface area contributed by atoms with E-state index in [2.05, 4.69) is 10.6 Å². The largest absolute Gasteiger partial charge is 0.486 e. The number of carbonyl (C=O) groups excluding carboxylic acids is 3. The van der Waals surface area contributed by atoms with E-state index in [0.717, 1.165) is 16.0 Å². The van der Waals surface area contributed by atoms with Gasteiger partial charge in [0.05, 0.1) is 0 Å². The molecule has 0 aliphatic carbocycles. The van der Waals surface area contributed by atoms with E-state index in [0.29, 0.717) is 36.0 Å². The van der Waals surface area contributed by atoms with E-state index in [1.165, 1.54) is 0 Å². The Bertz CT molecular complexity index is 1050. The van der Waals surface area contributed by atoms with Crippen molar-refractivity contribution in [1.29, 1.82) is 0 Å². The summed E-state index contributed by atoms with van der Waals surface area (Å²) in [7, 11) is 0. The molecule has 0 saturated carbocycles. The molecule has 4 rings (SSSR count). The van der Waals surface area contributed by atoms with Gasteiger partial charge in [0.15, 0.2) is 11.5 Å². The Morgan fingerprint density at radius 2 is 1.83 bits per heavy atom. The highest BCUT2D eigenvalue weighted by Gasteiger charge is 2.49. The van der Waals surface area contributed by atoms with Gasteiger partial charge in [-0.1, -0.05) is 23.8 Å². The molecule has 0 aromatic heterocycles. The average Bonchev–Trinajstić information content (AvgIpc) is 2.94. The molecule has 2 aliphatic rings. The molecule has 2 heterocycles. The summed E-state index contributed by atoms with van der Waals surface area (Å²) in [4.78, 5) is 39.1. The summed E-state index contributed by atoms with van der Waals surface area (Å²) < 4.78 is 11.1. The van der Waals surface area contributed by atoms with Gasteiger partial charge in [0.1, 0.15) is 25.3 Å². The fourth-order valence-electron chi connectivity index (χ4n) is 3.68. The maximum Gasteiger partial charge on any atom is 0.325 e. The van der Waals surface area contributed by atoms with Crippen molar-refractivity contribution in [3.63, 3.8) is 0 Å². The van der Waals surface area contributed by atoms with Gasteiger partial charge in [0.25, 0.3) is 5.91 Å². The van der Waals surface area contributed by atoms with E-state index in [1.54, 1.807) is 31.2 Å². The lowest BCUT2D eigenvalue weighted by Gasteiger charge is -2.25. The minimum Gasteiger partial charge on any atom is -0.486 e. The van der Waals surface area contributed by atoms with Gasteiger partial charge in [0.2, 0.25) is 5.91 Å². The lowest BCUT2D eigenvalue weighted by atomic mass is 9.91. The van der Waals surface area contributed by atoms with Gasteiger partial charge in [-0.25, -0.2) is 4.79 Å². The summed E-state index contributed by atoms with van der Waals surface area (Å²) >= 11 is 0. The van der Waals surface area contributed by atoms with Crippen molar-refractivity contribution in [2.45, 2.75) is 26.3 Å². The van der Waals surface area contributed by atoms with E-state index < -0.39 is 23.4 Å². The van der Waals surface area contributed by atoms with Crippen molar-refractivity contribution in [3.05, 3.63) is 53.1 Å².